The van der Waals surface area contributed by atoms with Gasteiger partial charge >= 0.3 is 0 Å². The standard InChI is InChI=1S/C13H11FN2O2S/c1-8(10-7-9(14)4-5-11(10)17)15-16-13(18)12-3-2-6-19-12/h2-7,17H,1H3,(H,16,18)/b15-8+. The van der Waals surface area contributed by atoms with E-state index in [1.807, 2.05) is 0 Å². The SMILES string of the molecule is C/C(=N\NC(=O)c1cccs1)c1cc(F)ccc1O. The minimum atomic E-state index is -0.480. The van der Waals surface area contributed by atoms with Gasteiger partial charge in [0.05, 0.1) is 10.6 Å². The lowest BCUT2D eigenvalue weighted by Crippen LogP contribution is -2.18. The number of nitrogens with one attached hydrogen (secondary N) is 1. The summed E-state index contributed by atoms with van der Waals surface area (Å²) in [5, 5.41) is 15.2. The third-order valence-electron chi connectivity index (χ3n) is 2.42. The minimum Gasteiger partial charge on any atom is -0.507 e. The van der Waals surface area contributed by atoms with Crippen LogP contribution in [0, 0.1) is 5.82 Å². The van der Waals surface area contributed by atoms with Gasteiger partial charge in [-0.1, -0.05) is 6.07 Å². The molecule has 0 spiro atoms. The van der Waals surface area contributed by atoms with E-state index < -0.39 is 5.82 Å². The molecule has 0 saturated heterocycles. The van der Waals surface area contributed by atoms with Gasteiger partial charge in [0.15, 0.2) is 0 Å². The van der Waals surface area contributed by atoms with Gasteiger partial charge in [-0.25, -0.2) is 9.82 Å². The highest BCUT2D eigenvalue weighted by atomic mass is 32.1. The van der Waals surface area contributed by atoms with Crippen LogP contribution in [-0.4, -0.2) is 16.7 Å². The van der Waals surface area contributed by atoms with Crippen LogP contribution in [0.1, 0.15) is 22.2 Å². The average Bonchev–Trinajstić information content (AvgIpc) is 2.92. The number of phenolic OH excluding ortho intramolecular Hbond substituents is 1. The highest BCUT2D eigenvalue weighted by Gasteiger charge is 2.08. The van der Waals surface area contributed by atoms with Gasteiger partial charge in [0.2, 0.25) is 0 Å². The summed E-state index contributed by atoms with van der Waals surface area (Å²) in [5.74, 6) is -0.912. The number of nitrogens with zero attached hydrogens (tertiary/aromatic N) is 1. The zero-order valence-corrected chi connectivity index (χ0v) is 10.9. The maximum absolute atomic E-state index is 13.1. The Hall–Kier alpha value is -2.21. The second kappa shape index (κ2) is 5.62. The largest absolute Gasteiger partial charge is 0.507 e. The lowest BCUT2D eigenvalue weighted by molar-refractivity contribution is 0.0959. The van der Waals surface area contributed by atoms with Gasteiger partial charge < -0.3 is 5.11 Å². The molecule has 0 radical (unpaired) electrons. The maximum atomic E-state index is 13.1. The highest BCUT2D eigenvalue weighted by molar-refractivity contribution is 7.12. The summed E-state index contributed by atoms with van der Waals surface area (Å²) < 4.78 is 13.1. The smallest absolute Gasteiger partial charge is 0.281 e. The summed E-state index contributed by atoms with van der Waals surface area (Å²) in [6, 6.07) is 6.98. The molecule has 1 amide bonds. The number of carbonyl (C=O) groups is 1. The maximum Gasteiger partial charge on any atom is 0.281 e. The molecule has 1 heterocycles. The molecule has 2 aromatic rings. The van der Waals surface area contributed by atoms with Crippen molar-refractivity contribution in [1.29, 1.82) is 0 Å². The molecule has 1 aromatic carbocycles. The quantitative estimate of drug-likeness (QED) is 0.670. The van der Waals surface area contributed by atoms with E-state index in [-0.39, 0.29) is 17.2 Å². The summed E-state index contributed by atoms with van der Waals surface area (Å²) >= 11 is 1.29. The first-order valence-corrected chi connectivity index (χ1v) is 6.33. The fraction of sp³-hybridized carbons (Fsp3) is 0.0769. The summed E-state index contributed by atoms with van der Waals surface area (Å²) in [4.78, 5) is 12.2. The van der Waals surface area contributed by atoms with Crippen LogP contribution in [0.15, 0.2) is 40.8 Å². The number of hydrogen-bond donors (Lipinski definition) is 2. The molecular weight excluding hydrogens is 267 g/mol. The zero-order valence-electron chi connectivity index (χ0n) is 10.1. The van der Waals surface area contributed by atoms with E-state index in [0.29, 0.717) is 10.6 Å². The predicted octanol–water partition coefficient (Wildman–Crippen LogP) is 2.75. The molecule has 0 aliphatic heterocycles. The number of rotatable bonds is 3. The number of hydrogen-bond acceptors (Lipinski definition) is 4. The first-order chi connectivity index (χ1) is 9.08. The molecule has 2 N–H and O–H groups in total. The molecule has 19 heavy (non-hydrogen) atoms. The number of halogens is 1. The van der Waals surface area contributed by atoms with Crippen molar-refractivity contribution in [2.75, 3.05) is 0 Å². The summed E-state index contributed by atoms with van der Waals surface area (Å²) in [7, 11) is 0. The molecule has 2 rings (SSSR count). The molecule has 6 heteroatoms. The molecular formula is C13H11FN2O2S. The lowest BCUT2D eigenvalue weighted by atomic mass is 10.1. The Kier molecular flexibility index (Phi) is 3.91. The normalized spacial score (nSPS) is 11.4. The van der Waals surface area contributed by atoms with E-state index in [1.54, 1.807) is 24.4 Å². The second-order valence-electron chi connectivity index (χ2n) is 3.78. The molecule has 0 aliphatic rings. The highest BCUT2D eigenvalue weighted by Crippen LogP contribution is 2.18. The van der Waals surface area contributed by atoms with Gasteiger partial charge in [0, 0.05) is 5.56 Å². The number of carbonyl (C=O) groups excluding carboxylic acids is 1. The van der Waals surface area contributed by atoms with Gasteiger partial charge in [-0.15, -0.1) is 11.3 Å². The zero-order chi connectivity index (χ0) is 13.8. The van der Waals surface area contributed by atoms with E-state index in [4.69, 9.17) is 0 Å². The van der Waals surface area contributed by atoms with Crippen LogP contribution in [0.25, 0.3) is 0 Å². The van der Waals surface area contributed by atoms with Crippen molar-refractivity contribution in [1.82, 2.24) is 5.43 Å². The summed E-state index contributed by atoms with van der Waals surface area (Å²) in [6.07, 6.45) is 0. The van der Waals surface area contributed by atoms with E-state index in [9.17, 15) is 14.3 Å². The van der Waals surface area contributed by atoms with Gasteiger partial charge in [0.1, 0.15) is 11.6 Å². The van der Waals surface area contributed by atoms with Crippen LogP contribution in [0.3, 0.4) is 0 Å². The van der Waals surface area contributed by atoms with Gasteiger partial charge in [0.25, 0.3) is 5.91 Å². The first-order valence-electron chi connectivity index (χ1n) is 5.45. The minimum absolute atomic E-state index is 0.0898. The third kappa shape index (κ3) is 3.17. The fourth-order valence-electron chi connectivity index (χ4n) is 1.46. The van der Waals surface area contributed by atoms with E-state index in [0.717, 1.165) is 12.1 Å². The van der Waals surface area contributed by atoms with E-state index in [2.05, 4.69) is 10.5 Å². The Morgan fingerprint density at radius 1 is 1.42 bits per heavy atom. The molecule has 0 saturated carbocycles. The number of benzene rings is 1. The monoisotopic (exact) mass is 278 g/mol. The van der Waals surface area contributed by atoms with Crippen LogP contribution in [0.5, 0.6) is 5.75 Å². The van der Waals surface area contributed by atoms with Gasteiger partial charge in [-0.3, -0.25) is 4.79 Å². The lowest BCUT2D eigenvalue weighted by Gasteiger charge is -2.04. The molecule has 1 aromatic heterocycles. The van der Waals surface area contributed by atoms with Crippen molar-refractivity contribution in [3.8, 4) is 5.75 Å². The van der Waals surface area contributed by atoms with Gasteiger partial charge in [-0.2, -0.15) is 5.10 Å². The number of hydrazone groups is 1. The van der Waals surface area contributed by atoms with Crippen molar-refractivity contribution in [2.45, 2.75) is 6.92 Å². The molecule has 0 bridgehead atoms. The van der Waals surface area contributed by atoms with Crippen LogP contribution in [0.2, 0.25) is 0 Å². The number of phenols is 1. The van der Waals surface area contributed by atoms with Gasteiger partial charge in [-0.05, 0) is 36.6 Å². The summed E-state index contributed by atoms with van der Waals surface area (Å²) in [5.41, 5.74) is 2.92. The Labute approximate surface area is 113 Å². The van der Waals surface area contributed by atoms with Crippen LogP contribution < -0.4 is 5.43 Å². The molecule has 98 valence electrons. The Morgan fingerprint density at radius 3 is 2.89 bits per heavy atom. The number of amides is 1. The van der Waals surface area contributed by atoms with Crippen LogP contribution in [-0.2, 0) is 0 Å². The predicted molar refractivity (Wildman–Crippen MR) is 72.1 cm³/mol. The summed E-state index contributed by atoms with van der Waals surface area (Å²) in [6.45, 7) is 1.57. The van der Waals surface area contributed by atoms with Crippen molar-refractivity contribution < 1.29 is 14.3 Å². The van der Waals surface area contributed by atoms with E-state index in [1.165, 1.54) is 17.4 Å². The molecule has 4 nitrogen and oxygen atoms in total. The first kappa shape index (κ1) is 13.2. The van der Waals surface area contributed by atoms with Crippen LogP contribution >= 0.6 is 11.3 Å². The van der Waals surface area contributed by atoms with Crippen molar-refractivity contribution >= 4 is 23.0 Å². The van der Waals surface area contributed by atoms with Crippen molar-refractivity contribution in [3.63, 3.8) is 0 Å². The number of aromatic hydroxyl groups is 1. The fourth-order valence-corrected chi connectivity index (χ4v) is 2.07. The Bertz CT molecular complexity index is 624. The second-order valence-corrected chi connectivity index (χ2v) is 4.72. The third-order valence-corrected chi connectivity index (χ3v) is 3.29. The Morgan fingerprint density at radius 2 is 2.21 bits per heavy atom. The van der Waals surface area contributed by atoms with E-state index >= 15 is 0 Å². The molecule has 0 atom stereocenters. The average molecular weight is 278 g/mol. The van der Waals surface area contributed by atoms with Crippen molar-refractivity contribution in [2.24, 2.45) is 5.10 Å². The van der Waals surface area contributed by atoms with Crippen LogP contribution in [0.4, 0.5) is 4.39 Å². The number of thiophene rings is 1. The Balaban J connectivity index is 2.15. The van der Waals surface area contributed by atoms with Crippen molar-refractivity contribution in [3.05, 3.63) is 52.0 Å². The molecule has 0 unspecified atom stereocenters. The molecule has 0 aliphatic carbocycles. The molecule has 0 fully saturated rings. The topological polar surface area (TPSA) is 61.7 Å².